The van der Waals surface area contributed by atoms with Crippen molar-refractivity contribution in [1.29, 1.82) is 0 Å². The fourth-order valence-electron chi connectivity index (χ4n) is 1.32. The van der Waals surface area contributed by atoms with Gasteiger partial charge in [-0.05, 0) is 23.8 Å². The molecule has 0 aliphatic rings. The summed E-state index contributed by atoms with van der Waals surface area (Å²) in [4.78, 5) is 7.99. The van der Waals surface area contributed by atoms with Crippen LogP contribution >= 0.6 is 0 Å². The van der Waals surface area contributed by atoms with Crippen LogP contribution in [0.15, 0.2) is 42.9 Å². The van der Waals surface area contributed by atoms with Gasteiger partial charge < -0.3 is 10.7 Å². The van der Waals surface area contributed by atoms with Crippen LogP contribution < -0.4 is 16.6 Å². The third kappa shape index (κ3) is 2.68. The Morgan fingerprint density at radius 1 is 1.12 bits per heavy atom. The molecule has 2 heterocycles. The minimum Gasteiger partial charge on any atom is -0.381 e. The predicted octanol–water partition coefficient (Wildman–Crippen LogP) is 1.37. The molecule has 0 aliphatic heterocycles. The number of nitrogens with zero attached hydrogens (tertiary/aromatic N) is 2. The summed E-state index contributed by atoms with van der Waals surface area (Å²) < 4.78 is 0. The fraction of sp³-hybridized carbons (Fsp3) is 0.0909. The summed E-state index contributed by atoms with van der Waals surface area (Å²) in [7, 11) is 0. The summed E-state index contributed by atoms with van der Waals surface area (Å²) in [6.45, 7) is 0.747. The number of aromatic nitrogens is 2. The molecule has 0 bridgehead atoms. The zero-order valence-corrected chi connectivity index (χ0v) is 8.72. The highest BCUT2D eigenvalue weighted by Crippen LogP contribution is 2.11. The second-order valence-corrected chi connectivity index (χ2v) is 3.28. The Morgan fingerprint density at radius 2 is 1.94 bits per heavy atom. The van der Waals surface area contributed by atoms with E-state index in [1.807, 2.05) is 24.3 Å². The van der Waals surface area contributed by atoms with Crippen molar-refractivity contribution in [3.8, 4) is 0 Å². The molecule has 5 heteroatoms. The average Bonchev–Trinajstić information content (AvgIpc) is 2.38. The molecule has 2 rings (SSSR count). The van der Waals surface area contributed by atoms with Crippen molar-refractivity contribution in [2.75, 3.05) is 10.7 Å². The predicted molar refractivity (Wildman–Crippen MR) is 63.6 cm³/mol. The van der Waals surface area contributed by atoms with Gasteiger partial charge in [0.1, 0.15) is 5.82 Å². The molecule has 5 nitrogen and oxygen atoms in total. The van der Waals surface area contributed by atoms with Crippen molar-refractivity contribution in [1.82, 2.24) is 9.97 Å². The maximum Gasteiger partial charge on any atom is 0.141 e. The summed E-state index contributed by atoms with van der Waals surface area (Å²) in [6, 6.07) is 7.68. The molecule has 2 aromatic heterocycles. The number of nitrogens with one attached hydrogen (secondary N) is 2. The highest BCUT2D eigenvalue weighted by atomic mass is 15.2. The standard InChI is InChI=1S/C11H13N5/c12-16-11-7-10(3-6-14-11)15-8-9-1-4-13-5-2-9/h1-7H,8,12H2,(H2,14,15,16). The number of rotatable bonds is 4. The third-order valence-electron chi connectivity index (χ3n) is 2.15. The SMILES string of the molecule is NNc1cc(NCc2ccncc2)ccn1. The summed E-state index contributed by atoms with van der Waals surface area (Å²) in [6.07, 6.45) is 5.25. The number of nitrogen functional groups attached to an aromatic ring is 1. The second kappa shape index (κ2) is 5.09. The monoisotopic (exact) mass is 215 g/mol. The zero-order valence-electron chi connectivity index (χ0n) is 8.72. The van der Waals surface area contributed by atoms with E-state index in [-0.39, 0.29) is 0 Å². The molecular formula is C11H13N5. The van der Waals surface area contributed by atoms with E-state index >= 15 is 0 Å². The van der Waals surface area contributed by atoms with Gasteiger partial charge in [-0.2, -0.15) is 0 Å². The van der Waals surface area contributed by atoms with Gasteiger partial charge in [0.15, 0.2) is 0 Å². The van der Waals surface area contributed by atoms with Crippen molar-refractivity contribution in [3.63, 3.8) is 0 Å². The molecule has 16 heavy (non-hydrogen) atoms. The van der Waals surface area contributed by atoms with E-state index in [2.05, 4.69) is 20.7 Å². The van der Waals surface area contributed by atoms with Crippen molar-refractivity contribution in [2.24, 2.45) is 5.84 Å². The van der Waals surface area contributed by atoms with Crippen LogP contribution in [-0.4, -0.2) is 9.97 Å². The molecule has 0 unspecified atom stereocenters. The van der Waals surface area contributed by atoms with Crippen LogP contribution in [0.1, 0.15) is 5.56 Å². The number of pyridine rings is 2. The van der Waals surface area contributed by atoms with Crippen molar-refractivity contribution >= 4 is 11.5 Å². The second-order valence-electron chi connectivity index (χ2n) is 3.28. The number of hydrogen-bond donors (Lipinski definition) is 3. The first-order valence-electron chi connectivity index (χ1n) is 4.94. The van der Waals surface area contributed by atoms with Gasteiger partial charge in [0.2, 0.25) is 0 Å². The lowest BCUT2D eigenvalue weighted by atomic mass is 10.2. The first-order valence-corrected chi connectivity index (χ1v) is 4.94. The van der Waals surface area contributed by atoms with Crippen molar-refractivity contribution < 1.29 is 0 Å². The molecule has 0 amide bonds. The lowest BCUT2D eigenvalue weighted by Gasteiger charge is -2.07. The molecule has 0 fully saturated rings. The molecule has 0 saturated heterocycles. The lowest BCUT2D eigenvalue weighted by molar-refractivity contribution is 1.12. The first-order chi connectivity index (χ1) is 7.88. The summed E-state index contributed by atoms with van der Waals surface area (Å²) in [5, 5.41) is 3.27. The third-order valence-corrected chi connectivity index (χ3v) is 2.15. The molecule has 4 N–H and O–H groups in total. The molecule has 0 saturated carbocycles. The van der Waals surface area contributed by atoms with Gasteiger partial charge >= 0.3 is 0 Å². The van der Waals surface area contributed by atoms with Crippen LogP contribution in [0.5, 0.6) is 0 Å². The summed E-state index contributed by atoms with van der Waals surface area (Å²) >= 11 is 0. The fourth-order valence-corrected chi connectivity index (χ4v) is 1.32. The molecule has 0 aliphatic carbocycles. The smallest absolute Gasteiger partial charge is 0.141 e. The van der Waals surface area contributed by atoms with Gasteiger partial charge in [-0.15, -0.1) is 0 Å². The maximum atomic E-state index is 5.28. The maximum absolute atomic E-state index is 5.28. The van der Waals surface area contributed by atoms with Crippen LogP contribution in [0.4, 0.5) is 11.5 Å². The Bertz CT molecular complexity index is 443. The molecule has 0 aromatic carbocycles. The van der Waals surface area contributed by atoms with Gasteiger partial charge in [0.05, 0.1) is 0 Å². The lowest BCUT2D eigenvalue weighted by Crippen LogP contribution is -2.09. The van der Waals surface area contributed by atoms with Crippen LogP contribution in [0, 0.1) is 0 Å². The Morgan fingerprint density at radius 3 is 2.69 bits per heavy atom. The van der Waals surface area contributed by atoms with Crippen molar-refractivity contribution in [2.45, 2.75) is 6.54 Å². The number of hydrazine groups is 1. The Hall–Kier alpha value is -2.14. The molecule has 0 atom stereocenters. The Labute approximate surface area is 93.7 Å². The Kier molecular flexibility index (Phi) is 3.30. The molecular weight excluding hydrogens is 202 g/mol. The Balaban J connectivity index is 1.99. The van der Waals surface area contributed by atoms with E-state index in [1.54, 1.807) is 18.6 Å². The summed E-state index contributed by atoms with van der Waals surface area (Å²) in [5.74, 6) is 5.92. The van der Waals surface area contributed by atoms with Crippen LogP contribution in [0.2, 0.25) is 0 Å². The quantitative estimate of drug-likeness (QED) is 0.530. The minimum absolute atomic E-state index is 0.639. The molecule has 82 valence electrons. The van der Waals surface area contributed by atoms with E-state index < -0.39 is 0 Å². The van der Waals surface area contributed by atoms with Gasteiger partial charge in [0, 0.05) is 36.9 Å². The highest BCUT2D eigenvalue weighted by molar-refractivity contribution is 5.51. The number of nitrogens with two attached hydrogens (primary N) is 1. The zero-order chi connectivity index (χ0) is 11.2. The largest absolute Gasteiger partial charge is 0.381 e. The van der Waals surface area contributed by atoms with E-state index in [0.29, 0.717) is 5.82 Å². The van der Waals surface area contributed by atoms with Crippen LogP contribution in [-0.2, 0) is 6.54 Å². The van der Waals surface area contributed by atoms with E-state index in [0.717, 1.165) is 12.2 Å². The summed E-state index contributed by atoms with van der Waals surface area (Å²) in [5.41, 5.74) is 4.65. The van der Waals surface area contributed by atoms with Gasteiger partial charge in [0.25, 0.3) is 0 Å². The molecule has 0 spiro atoms. The molecule has 2 aromatic rings. The van der Waals surface area contributed by atoms with Gasteiger partial charge in [-0.1, -0.05) is 0 Å². The van der Waals surface area contributed by atoms with Crippen molar-refractivity contribution in [3.05, 3.63) is 48.4 Å². The topological polar surface area (TPSA) is 75.9 Å². The minimum atomic E-state index is 0.639. The normalized spacial score (nSPS) is 9.81. The van der Waals surface area contributed by atoms with Crippen LogP contribution in [0.25, 0.3) is 0 Å². The highest BCUT2D eigenvalue weighted by Gasteiger charge is 1.95. The van der Waals surface area contributed by atoms with E-state index in [9.17, 15) is 0 Å². The van der Waals surface area contributed by atoms with E-state index in [4.69, 9.17) is 5.84 Å². The molecule has 0 radical (unpaired) electrons. The van der Waals surface area contributed by atoms with Crippen LogP contribution in [0.3, 0.4) is 0 Å². The van der Waals surface area contributed by atoms with E-state index in [1.165, 1.54) is 5.56 Å². The average molecular weight is 215 g/mol. The number of anilines is 2. The van der Waals surface area contributed by atoms with Gasteiger partial charge in [-0.3, -0.25) is 4.98 Å². The van der Waals surface area contributed by atoms with Gasteiger partial charge in [-0.25, -0.2) is 10.8 Å². The first kappa shape index (κ1) is 10.4. The number of hydrogen-bond acceptors (Lipinski definition) is 5.